The summed E-state index contributed by atoms with van der Waals surface area (Å²) in [6.07, 6.45) is 0.201. The van der Waals surface area contributed by atoms with Crippen molar-refractivity contribution in [3.63, 3.8) is 0 Å². The summed E-state index contributed by atoms with van der Waals surface area (Å²) in [5.74, 6) is -0.345. The normalized spacial score (nSPS) is 26.3. The van der Waals surface area contributed by atoms with Crippen LogP contribution >= 0.6 is 0 Å². The van der Waals surface area contributed by atoms with Crippen molar-refractivity contribution in [3.8, 4) is 0 Å². The van der Waals surface area contributed by atoms with Crippen molar-refractivity contribution in [1.82, 2.24) is 10.2 Å². The maximum Gasteiger partial charge on any atom is 0.255 e. The summed E-state index contributed by atoms with van der Waals surface area (Å²) in [5.41, 5.74) is 2.64. The smallest absolute Gasteiger partial charge is 0.255 e. The Labute approximate surface area is 111 Å². The van der Waals surface area contributed by atoms with E-state index < -0.39 is 12.3 Å². The molecule has 0 aliphatic carbocycles. The molecule has 2 N–H and O–H groups in total. The Hall–Kier alpha value is -1.88. The number of carbonyl (C=O) groups is 2. The quantitative estimate of drug-likeness (QED) is 0.774. The lowest BCUT2D eigenvalue weighted by Gasteiger charge is -2.32. The molecule has 0 spiro atoms. The average molecular weight is 260 g/mol. The number of hydrogen-bond acceptors (Lipinski definition) is 3. The van der Waals surface area contributed by atoms with E-state index in [4.69, 9.17) is 0 Å². The molecule has 3 rings (SSSR count). The SMILES string of the molecule is Cc1cccc2c1C(=O)N(C1CCC(O)NC1=O)C2. The largest absolute Gasteiger partial charge is 0.374 e. The summed E-state index contributed by atoms with van der Waals surface area (Å²) in [6, 6.07) is 5.29. The fourth-order valence-corrected chi connectivity index (χ4v) is 2.89. The van der Waals surface area contributed by atoms with Crippen LogP contribution in [0.5, 0.6) is 0 Å². The van der Waals surface area contributed by atoms with Crippen LogP contribution in [0.2, 0.25) is 0 Å². The highest BCUT2D eigenvalue weighted by Gasteiger charge is 2.39. The Kier molecular flexibility index (Phi) is 2.78. The fraction of sp³-hybridized carbons (Fsp3) is 0.429. The topological polar surface area (TPSA) is 69.6 Å². The number of nitrogens with zero attached hydrogens (tertiary/aromatic N) is 1. The highest BCUT2D eigenvalue weighted by Crippen LogP contribution is 2.29. The van der Waals surface area contributed by atoms with E-state index in [-0.39, 0.29) is 11.8 Å². The summed E-state index contributed by atoms with van der Waals surface area (Å²) in [7, 11) is 0. The van der Waals surface area contributed by atoms with Gasteiger partial charge in [-0.05, 0) is 30.9 Å². The molecule has 1 fully saturated rings. The van der Waals surface area contributed by atoms with Crippen molar-refractivity contribution in [1.29, 1.82) is 0 Å². The molecule has 5 nitrogen and oxygen atoms in total. The second-order valence-corrected chi connectivity index (χ2v) is 5.16. The van der Waals surface area contributed by atoms with E-state index in [2.05, 4.69) is 5.32 Å². The Morgan fingerprint density at radius 2 is 2.11 bits per heavy atom. The van der Waals surface area contributed by atoms with Crippen LogP contribution in [-0.4, -0.2) is 34.1 Å². The molecule has 0 bridgehead atoms. The third-order valence-electron chi connectivity index (χ3n) is 3.88. The van der Waals surface area contributed by atoms with Gasteiger partial charge < -0.3 is 15.3 Å². The number of rotatable bonds is 1. The molecule has 5 heteroatoms. The lowest BCUT2D eigenvalue weighted by atomic mass is 10.0. The Morgan fingerprint density at radius 1 is 1.32 bits per heavy atom. The number of aryl methyl sites for hydroxylation is 1. The van der Waals surface area contributed by atoms with E-state index in [9.17, 15) is 14.7 Å². The zero-order valence-corrected chi connectivity index (χ0v) is 10.7. The first kappa shape index (κ1) is 12.2. The number of aliphatic hydroxyl groups is 1. The summed E-state index contributed by atoms with van der Waals surface area (Å²) in [6.45, 7) is 2.38. The third-order valence-corrected chi connectivity index (χ3v) is 3.88. The highest BCUT2D eigenvalue weighted by atomic mass is 16.3. The zero-order valence-electron chi connectivity index (χ0n) is 10.7. The van der Waals surface area contributed by atoms with Crippen molar-refractivity contribution in [2.24, 2.45) is 0 Å². The molecule has 2 amide bonds. The molecule has 1 aromatic carbocycles. The molecule has 0 saturated carbocycles. The molecule has 19 heavy (non-hydrogen) atoms. The number of piperidine rings is 1. The Bertz CT molecular complexity index is 556. The predicted octanol–water partition coefficient (Wildman–Crippen LogP) is 0.548. The molecule has 0 aromatic heterocycles. The highest BCUT2D eigenvalue weighted by molar-refractivity contribution is 6.02. The molecule has 0 radical (unpaired) electrons. The molecule has 1 saturated heterocycles. The van der Waals surface area contributed by atoms with E-state index in [1.54, 1.807) is 4.90 Å². The van der Waals surface area contributed by atoms with Gasteiger partial charge in [-0.3, -0.25) is 9.59 Å². The molecule has 2 atom stereocenters. The minimum Gasteiger partial charge on any atom is -0.374 e. The fourth-order valence-electron chi connectivity index (χ4n) is 2.89. The molecule has 2 aliphatic rings. The van der Waals surface area contributed by atoms with E-state index in [1.165, 1.54) is 0 Å². The molecular weight excluding hydrogens is 244 g/mol. The number of benzene rings is 1. The Balaban J connectivity index is 1.88. The van der Waals surface area contributed by atoms with Gasteiger partial charge in [0.2, 0.25) is 5.91 Å². The number of hydrogen-bond donors (Lipinski definition) is 2. The number of aliphatic hydroxyl groups excluding tert-OH is 1. The maximum absolute atomic E-state index is 12.4. The second kappa shape index (κ2) is 4.35. The number of carbonyl (C=O) groups excluding carboxylic acids is 2. The van der Waals surface area contributed by atoms with Crippen molar-refractivity contribution < 1.29 is 14.7 Å². The van der Waals surface area contributed by atoms with Crippen molar-refractivity contribution in [3.05, 3.63) is 34.9 Å². The van der Waals surface area contributed by atoms with Gasteiger partial charge in [0.05, 0.1) is 0 Å². The summed E-state index contributed by atoms with van der Waals surface area (Å²) in [5, 5.41) is 11.9. The van der Waals surface area contributed by atoms with Crippen molar-refractivity contribution in [2.45, 2.75) is 38.6 Å². The van der Waals surface area contributed by atoms with Crippen molar-refractivity contribution >= 4 is 11.8 Å². The van der Waals surface area contributed by atoms with Crippen LogP contribution in [0.25, 0.3) is 0 Å². The van der Waals surface area contributed by atoms with E-state index in [0.29, 0.717) is 19.4 Å². The van der Waals surface area contributed by atoms with E-state index >= 15 is 0 Å². The summed E-state index contributed by atoms with van der Waals surface area (Å²) >= 11 is 0. The predicted molar refractivity (Wildman–Crippen MR) is 68.2 cm³/mol. The third kappa shape index (κ3) is 1.90. The average Bonchev–Trinajstić information content (AvgIpc) is 2.68. The van der Waals surface area contributed by atoms with Gasteiger partial charge in [0.25, 0.3) is 5.91 Å². The zero-order chi connectivity index (χ0) is 13.6. The molecular formula is C14H16N2O3. The maximum atomic E-state index is 12.4. The van der Waals surface area contributed by atoms with Gasteiger partial charge in [0, 0.05) is 12.1 Å². The molecule has 100 valence electrons. The first-order chi connectivity index (χ1) is 9.08. The van der Waals surface area contributed by atoms with Gasteiger partial charge in [-0.25, -0.2) is 0 Å². The van der Waals surface area contributed by atoms with E-state index in [1.807, 2.05) is 25.1 Å². The number of nitrogens with one attached hydrogen (secondary N) is 1. The monoisotopic (exact) mass is 260 g/mol. The first-order valence-corrected chi connectivity index (χ1v) is 6.46. The van der Waals surface area contributed by atoms with Gasteiger partial charge in [-0.15, -0.1) is 0 Å². The first-order valence-electron chi connectivity index (χ1n) is 6.46. The molecule has 1 aromatic rings. The molecule has 2 aliphatic heterocycles. The van der Waals surface area contributed by atoms with E-state index in [0.717, 1.165) is 16.7 Å². The van der Waals surface area contributed by atoms with Crippen LogP contribution in [0.3, 0.4) is 0 Å². The van der Waals surface area contributed by atoms with Crippen LogP contribution in [0, 0.1) is 6.92 Å². The molecule has 2 heterocycles. The number of amides is 2. The van der Waals surface area contributed by atoms with Crippen LogP contribution in [0.4, 0.5) is 0 Å². The van der Waals surface area contributed by atoms with Gasteiger partial charge >= 0.3 is 0 Å². The second-order valence-electron chi connectivity index (χ2n) is 5.16. The standard InChI is InChI=1S/C14H16N2O3/c1-8-3-2-4-9-7-16(14(19)12(8)9)10-5-6-11(17)15-13(10)18/h2-4,10-11,17H,5-7H2,1H3,(H,15,18). The van der Waals surface area contributed by atoms with Crippen molar-refractivity contribution in [2.75, 3.05) is 0 Å². The minimum atomic E-state index is -0.787. The Morgan fingerprint density at radius 3 is 2.79 bits per heavy atom. The van der Waals surface area contributed by atoms with Crippen LogP contribution in [0.15, 0.2) is 18.2 Å². The van der Waals surface area contributed by atoms with Crippen LogP contribution in [0.1, 0.15) is 34.3 Å². The lowest BCUT2D eigenvalue weighted by Crippen LogP contribution is -2.54. The minimum absolute atomic E-state index is 0.0790. The molecule has 2 unspecified atom stereocenters. The van der Waals surface area contributed by atoms with Gasteiger partial charge in [-0.1, -0.05) is 18.2 Å². The summed E-state index contributed by atoms with van der Waals surface area (Å²) < 4.78 is 0. The number of fused-ring (bicyclic) bond motifs is 1. The van der Waals surface area contributed by atoms with Crippen LogP contribution in [-0.2, 0) is 11.3 Å². The van der Waals surface area contributed by atoms with Gasteiger partial charge in [-0.2, -0.15) is 0 Å². The summed E-state index contributed by atoms with van der Waals surface area (Å²) in [4.78, 5) is 25.9. The van der Waals surface area contributed by atoms with Crippen LogP contribution < -0.4 is 5.32 Å². The van der Waals surface area contributed by atoms with Gasteiger partial charge in [0.1, 0.15) is 12.3 Å². The lowest BCUT2D eigenvalue weighted by molar-refractivity contribution is -0.132. The van der Waals surface area contributed by atoms with Gasteiger partial charge in [0.15, 0.2) is 0 Å².